The summed E-state index contributed by atoms with van der Waals surface area (Å²) in [5, 5.41) is 0. The molecule has 0 N–H and O–H groups in total. The zero-order chi connectivity index (χ0) is 11.4. The van der Waals surface area contributed by atoms with Gasteiger partial charge in [-0.05, 0) is 26.2 Å². The SMILES string of the molecule is CC[C@H](C)C(=O)C1=CCCC=C1C(C)=O. The van der Waals surface area contributed by atoms with Crippen LogP contribution in [-0.4, -0.2) is 11.6 Å². The van der Waals surface area contributed by atoms with Crippen molar-refractivity contribution in [1.29, 1.82) is 0 Å². The zero-order valence-electron chi connectivity index (χ0n) is 9.67. The van der Waals surface area contributed by atoms with Gasteiger partial charge in [0.05, 0.1) is 0 Å². The highest BCUT2D eigenvalue weighted by Gasteiger charge is 2.22. The second kappa shape index (κ2) is 5.06. The van der Waals surface area contributed by atoms with Gasteiger partial charge in [0, 0.05) is 17.1 Å². The molecule has 0 unspecified atom stereocenters. The van der Waals surface area contributed by atoms with Crippen molar-refractivity contribution in [1.82, 2.24) is 0 Å². The fraction of sp³-hybridized carbons (Fsp3) is 0.538. The minimum Gasteiger partial charge on any atom is -0.294 e. The Kier molecular flexibility index (Phi) is 4.01. The van der Waals surface area contributed by atoms with Crippen molar-refractivity contribution in [2.24, 2.45) is 5.92 Å². The van der Waals surface area contributed by atoms with Gasteiger partial charge in [-0.15, -0.1) is 0 Å². The quantitative estimate of drug-likeness (QED) is 0.708. The summed E-state index contributed by atoms with van der Waals surface area (Å²) in [6.45, 7) is 5.42. The first-order valence-electron chi connectivity index (χ1n) is 5.53. The Bertz CT molecular complexity index is 334. The van der Waals surface area contributed by atoms with Gasteiger partial charge in [0.15, 0.2) is 11.6 Å². The summed E-state index contributed by atoms with van der Waals surface area (Å²) in [7, 11) is 0. The molecule has 2 heteroatoms. The Balaban J connectivity index is 2.93. The lowest BCUT2D eigenvalue weighted by Gasteiger charge is -2.16. The van der Waals surface area contributed by atoms with E-state index >= 15 is 0 Å². The van der Waals surface area contributed by atoms with Crippen LogP contribution in [0.4, 0.5) is 0 Å². The predicted molar refractivity (Wildman–Crippen MR) is 60.5 cm³/mol. The van der Waals surface area contributed by atoms with E-state index in [1.807, 2.05) is 26.0 Å². The van der Waals surface area contributed by atoms with Gasteiger partial charge < -0.3 is 0 Å². The summed E-state index contributed by atoms with van der Waals surface area (Å²) < 4.78 is 0. The minimum atomic E-state index is -0.00222. The monoisotopic (exact) mass is 206 g/mol. The molecule has 0 fully saturated rings. The van der Waals surface area contributed by atoms with Gasteiger partial charge in [0.1, 0.15) is 0 Å². The number of ketones is 2. The molecule has 0 saturated heterocycles. The number of Topliss-reactive ketones (excluding diaryl/α,β-unsaturated/α-hetero) is 2. The molecule has 15 heavy (non-hydrogen) atoms. The number of carbonyl (C=O) groups excluding carboxylic acids is 2. The summed E-state index contributed by atoms with van der Waals surface area (Å²) in [6.07, 6.45) is 6.35. The van der Waals surface area contributed by atoms with Gasteiger partial charge in [-0.2, -0.15) is 0 Å². The summed E-state index contributed by atoms with van der Waals surface area (Å²) in [5.74, 6) is 0.119. The van der Waals surface area contributed by atoms with E-state index < -0.39 is 0 Å². The highest BCUT2D eigenvalue weighted by molar-refractivity contribution is 6.12. The van der Waals surface area contributed by atoms with Crippen LogP contribution in [-0.2, 0) is 9.59 Å². The molecule has 0 aliphatic heterocycles. The van der Waals surface area contributed by atoms with Crippen molar-refractivity contribution in [3.63, 3.8) is 0 Å². The third-order valence-corrected chi connectivity index (χ3v) is 2.86. The fourth-order valence-corrected chi connectivity index (χ4v) is 1.69. The number of rotatable bonds is 4. The molecule has 0 aromatic carbocycles. The van der Waals surface area contributed by atoms with Crippen LogP contribution in [0.25, 0.3) is 0 Å². The maximum Gasteiger partial charge on any atom is 0.166 e. The first-order chi connectivity index (χ1) is 7.07. The molecule has 0 aromatic rings. The standard InChI is InChI=1S/C13H18O2/c1-4-9(2)13(15)12-8-6-5-7-11(12)10(3)14/h7-9H,4-6H2,1-3H3/t9-/m0/s1. The molecule has 0 bridgehead atoms. The first kappa shape index (κ1) is 11.9. The Morgan fingerprint density at radius 3 is 2.27 bits per heavy atom. The van der Waals surface area contributed by atoms with Crippen molar-refractivity contribution < 1.29 is 9.59 Å². The van der Waals surface area contributed by atoms with Gasteiger partial charge in [-0.3, -0.25) is 9.59 Å². The third kappa shape index (κ3) is 2.65. The molecule has 1 aliphatic carbocycles. The topological polar surface area (TPSA) is 34.1 Å². The molecular weight excluding hydrogens is 188 g/mol. The van der Waals surface area contributed by atoms with E-state index in [-0.39, 0.29) is 17.5 Å². The molecule has 0 radical (unpaired) electrons. The van der Waals surface area contributed by atoms with E-state index in [4.69, 9.17) is 0 Å². The molecule has 0 aromatic heterocycles. The van der Waals surface area contributed by atoms with Gasteiger partial charge in [-0.1, -0.05) is 26.0 Å². The second-order valence-corrected chi connectivity index (χ2v) is 4.04. The van der Waals surface area contributed by atoms with Crippen LogP contribution >= 0.6 is 0 Å². The average Bonchev–Trinajstić information content (AvgIpc) is 2.27. The maximum absolute atomic E-state index is 12.0. The molecule has 1 atom stereocenters. The van der Waals surface area contributed by atoms with Crippen LogP contribution in [0.5, 0.6) is 0 Å². The Hall–Kier alpha value is -1.18. The van der Waals surface area contributed by atoms with Crippen LogP contribution in [0.1, 0.15) is 40.0 Å². The lowest BCUT2D eigenvalue weighted by molar-refractivity contribution is -0.120. The Labute approximate surface area is 91.1 Å². The van der Waals surface area contributed by atoms with Gasteiger partial charge in [0.2, 0.25) is 0 Å². The third-order valence-electron chi connectivity index (χ3n) is 2.86. The Morgan fingerprint density at radius 1 is 1.27 bits per heavy atom. The van der Waals surface area contributed by atoms with Crippen molar-refractivity contribution in [3.05, 3.63) is 23.3 Å². The summed E-state index contributed by atoms with van der Waals surface area (Å²) in [4.78, 5) is 23.3. The van der Waals surface area contributed by atoms with Crippen LogP contribution in [0.3, 0.4) is 0 Å². The van der Waals surface area contributed by atoms with Gasteiger partial charge in [0.25, 0.3) is 0 Å². The highest BCUT2D eigenvalue weighted by atomic mass is 16.1. The normalized spacial score (nSPS) is 17.8. The lowest BCUT2D eigenvalue weighted by Crippen LogP contribution is -2.18. The van der Waals surface area contributed by atoms with Gasteiger partial charge >= 0.3 is 0 Å². The van der Waals surface area contributed by atoms with E-state index in [1.165, 1.54) is 6.92 Å². The van der Waals surface area contributed by atoms with Crippen molar-refractivity contribution in [2.75, 3.05) is 0 Å². The molecule has 1 rings (SSSR count). The number of carbonyl (C=O) groups is 2. The van der Waals surface area contributed by atoms with Gasteiger partial charge in [-0.25, -0.2) is 0 Å². The van der Waals surface area contributed by atoms with Crippen LogP contribution < -0.4 is 0 Å². The largest absolute Gasteiger partial charge is 0.294 e. The number of hydrogen-bond donors (Lipinski definition) is 0. The maximum atomic E-state index is 12.0. The second-order valence-electron chi connectivity index (χ2n) is 4.04. The smallest absolute Gasteiger partial charge is 0.166 e. The minimum absolute atomic E-state index is 0.00222. The van der Waals surface area contributed by atoms with E-state index in [1.54, 1.807) is 0 Å². The number of allylic oxidation sites excluding steroid dienone is 4. The van der Waals surface area contributed by atoms with E-state index in [2.05, 4.69) is 0 Å². The molecule has 0 saturated carbocycles. The molecule has 82 valence electrons. The summed E-state index contributed by atoms with van der Waals surface area (Å²) >= 11 is 0. The Morgan fingerprint density at radius 2 is 1.80 bits per heavy atom. The van der Waals surface area contributed by atoms with Crippen molar-refractivity contribution in [2.45, 2.75) is 40.0 Å². The average molecular weight is 206 g/mol. The van der Waals surface area contributed by atoms with Crippen molar-refractivity contribution in [3.8, 4) is 0 Å². The molecular formula is C13H18O2. The highest BCUT2D eigenvalue weighted by Crippen LogP contribution is 2.23. The van der Waals surface area contributed by atoms with E-state index in [0.717, 1.165) is 19.3 Å². The van der Waals surface area contributed by atoms with Crippen LogP contribution in [0, 0.1) is 5.92 Å². The molecule has 0 amide bonds. The van der Waals surface area contributed by atoms with Crippen LogP contribution in [0.15, 0.2) is 23.3 Å². The molecule has 2 nitrogen and oxygen atoms in total. The van der Waals surface area contributed by atoms with E-state index in [9.17, 15) is 9.59 Å². The first-order valence-corrected chi connectivity index (χ1v) is 5.53. The molecule has 1 aliphatic rings. The summed E-state index contributed by atoms with van der Waals surface area (Å²) in [5.41, 5.74) is 1.26. The lowest BCUT2D eigenvalue weighted by atomic mass is 9.86. The summed E-state index contributed by atoms with van der Waals surface area (Å²) in [6, 6.07) is 0. The number of hydrogen-bond acceptors (Lipinski definition) is 2. The van der Waals surface area contributed by atoms with E-state index in [0.29, 0.717) is 11.1 Å². The fourth-order valence-electron chi connectivity index (χ4n) is 1.69. The zero-order valence-corrected chi connectivity index (χ0v) is 9.67. The van der Waals surface area contributed by atoms with Crippen molar-refractivity contribution >= 4 is 11.6 Å². The van der Waals surface area contributed by atoms with Crippen LogP contribution in [0.2, 0.25) is 0 Å². The molecule has 0 heterocycles. The predicted octanol–water partition coefficient (Wildman–Crippen LogP) is 2.84. The molecule has 0 spiro atoms.